The molecular weight excluding hydrogens is 473 g/mol. The lowest BCUT2D eigenvalue weighted by atomic mass is 10.2. The minimum Gasteiger partial charge on any atom is -0.353 e. The lowest BCUT2D eigenvalue weighted by molar-refractivity contribution is 0.215. The topological polar surface area (TPSA) is 52.9 Å². The van der Waals surface area contributed by atoms with Crippen LogP contribution in [0.3, 0.4) is 0 Å². The van der Waals surface area contributed by atoms with Crippen LogP contribution in [0.5, 0.6) is 0 Å². The van der Waals surface area contributed by atoms with Gasteiger partial charge in [-0.05, 0) is 61.4 Å². The Morgan fingerprint density at radius 1 is 1.06 bits per heavy atom. The first-order chi connectivity index (χ1) is 15.5. The average molecular weight is 496 g/mol. The second-order valence-electron chi connectivity index (χ2n) is 8.05. The molecule has 1 N–H and O–H groups in total. The highest BCUT2D eigenvalue weighted by molar-refractivity contribution is 9.10. The Morgan fingerprint density at radius 3 is 2.78 bits per heavy atom. The van der Waals surface area contributed by atoms with Crippen molar-refractivity contribution < 1.29 is 9.18 Å². The van der Waals surface area contributed by atoms with E-state index in [0.29, 0.717) is 25.2 Å². The zero-order valence-corrected chi connectivity index (χ0v) is 19.3. The van der Waals surface area contributed by atoms with E-state index in [4.69, 9.17) is 4.98 Å². The zero-order valence-electron chi connectivity index (χ0n) is 17.7. The lowest BCUT2D eigenvalue weighted by Gasteiger charge is -2.24. The molecule has 8 heteroatoms. The summed E-state index contributed by atoms with van der Waals surface area (Å²) in [6.45, 7) is 4.67. The molecule has 1 saturated heterocycles. The Hall–Kier alpha value is -3.13. The van der Waals surface area contributed by atoms with E-state index < -0.39 is 0 Å². The van der Waals surface area contributed by atoms with E-state index in [-0.39, 0.29) is 11.8 Å². The minimum atomic E-state index is -0.302. The SMILES string of the molecule is Cc1cc(NC(=O)N2CCCN(c3nc4cc(F)ccc4n4cccc34)CC2)ccc1Br. The van der Waals surface area contributed by atoms with Crippen molar-refractivity contribution in [2.45, 2.75) is 13.3 Å². The van der Waals surface area contributed by atoms with Crippen LogP contribution in [-0.4, -0.2) is 46.5 Å². The summed E-state index contributed by atoms with van der Waals surface area (Å²) in [5.74, 6) is 0.517. The molecule has 6 nitrogen and oxygen atoms in total. The standard InChI is InChI=1S/C24H23BrFN5O/c1-16-14-18(6-7-19(16)25)27-24(32)30-10-3-9-29(12-13-30)23-22-4-2-11-31(22)21-8-5-17(26)15-20(21)28-23/h2,4-8,11,14-15H,3,9-10,12-13H2,1H3,(H,27,32). The molecule has 164 valence electrons. The van der Waals surface area contributed by atoms with Gasteiger partial charge in [0.2, 0.25) is 0 Å². The molecule has 2 aromatic heterocycles. The number of carbonyl (C=O) groups excluding carboxylic acids is 1. The van der Waals surface area contributed by atoms with Crippen molar-refractivity contribution in [2.75, 3.05) is 36.4 Å². The highest BCUT2D eigenvalue weighted by Gasteiger charge is 2.22. The molecule has 0 radical (unpaired) electrons. The van der Waals surface area contributed by atoms with E-state index in [9.17, 15) is 9.18 Å². The normalized spacial score (nSPS) is 14.7. The van der Waals surface area contributed by atoms with E-state index in [1.54, 1.807) is 6.07 Å². The molecule has 0 spiro atoms. The molecule has 32 heavy (non-hydrogen) atoms. The Bertz CT molecular complexity index is 1320. The molecule has 0 atom stereocenters. The number of aromatic nitrogens is 2. The number of aryl methyl sites for hydroxylation is 1. The summed E-state index contributed by atoms with van der Waals surface area (Å²) in [6.07, 6.45) is 2.79. The first kappa shape index (κ1) is 20.8. The van der Waals surface area contributed by atoms with Gasteiger partial charge in [-0.25, -0.2) is 14.2 Å². The number of hydrogen-bond acceptors (Lipinski definition) is 3. The van der Waals surface area contributed by atoms with Gasteiger partial charge in [0.15, 0.2) is 5.82 Å². The molecule has 0 unspecified atom stereocenters. The number of nitrogens with zero attached hydrogens (tertiary/aromatic N) is 4. The average Bonchev–Trinajstić information content (AvgIpc) is 3.13. The van der Waals surface area contributed by atoms with Crippen molar-refractivity contribution in [1.82, 2.24) is 14.3 Å². The van der Waals surface area contributed by atoms with Gasteiger partial charge in [-0.1, -0.05) is 15.9 Å². The van der Waals surface area contributed by atoms with Gasteiger partial charge in [-0.2, -0.15) is 0 Å². The Labute approximate surface area is 193 Å². The molecule has 1 aliphatic heterocycles. The monoisotopic (exact) mass is 495 g/mol. The van der Waals surface area contributed by atoms with Gasteiger partial charge < -0.3 is 19.5 Å². The van der Waals surface area contributed by atoms with Crippen molar-refractivity contribution in [1.29, 1.82) is 0 Å². The van der Waals surface area contributed by atoms with Crippen LogP contribution < -0.4 is 10.2 Å². The van der Waals surface area contributed by atoms with Gasteiger partial charge >= 0.3 is 6.03 Å². The largest absolute Gasteiger partial charge is 0.353 e. The first-order valence-corrected chi connectivity index (χ1v) is 11.4. The third kappa shape index (κ3) is 3.90. The molecule has 4 aromatic rings. The molecule has 5 rings (SSSR count). The number of amides is 2. The second-order valence-corrected chi connectivity index (χ2v) is 8.91. The first-order valence-electron chi connectivity index (χ1n) is 10.6. The summed E-state index contributed by atoms with van der Waals surface area (Å²) in [5, 5.41) is 3.00. The number of nitrogens with one attached hydrogen (secondary N) is 1. The van der Waals surface area contributed by atoms with Gasteiger partial charge in [-0.15, -0.1) is 0 Å². The van der Waals surface area contributed by atoms with Crippen LogP contribution in [0, 0.1) is 12.7 Å². The molecule has 3 heterocycles. The van der Waals surface area contributed by atoms with Gasteiger partial charge in [-0.3, -0.25) is 0 Å². The molecule has 1 aliphatic rings. The van der Waals surface area contributed by atoms with Gasteiger partial charge in [0.05, 0.1) is 16.6 Å². The second kappa shape index (κ2) is 8.43. The maximum absolute atomic E-state index is 13.9. The molecule has 0 bridgehead atoms. The zero-order chi connectivity index (χ0) is 22.2. The predicted octanol–water partition coefficient (Wildman–Crippen LogP) is 5.44. The third-order valence-corrected chi connectivity index (χ3v) is 6.78. The number of urea groups is 1. The van der Waals surface area contributed by atoms with Crippen molar-refractivity contribution in [3.05, 3.63) is 70.6 Å². The number of hydrogen-bond donors (Lipinski definition) is 1. The van der Waals surface area contributed by atoms with E-state index in [2.05, 4.69) is 26.1 Å². The van der Waals surface area contributed by atoms with Crippen molar-refractivity contribution in [3.8, 4) is 0 Å². The van der Waals surface area contributed by atoms with Gasteiger partial charge in [0.25, 0.3) is 0 Å². The quantitative estimate of drug-likeness (QED) is 0.402. The Morgan fingerprint density at radius 2 is 1.94 bits per heavy atom. The van der Waals surface area contributed by atoms with Crippen molar-refractivity contribution in [3.63, 3.8) is 0 Å². The number of benzene rings is 2. The third-order valence-electron chi connectivity index (χ3n) is 5.89. The number of rotatable bonds is 2. The summed E-state index contributed by atoms with van der Waals surface area (Å²) in [6, 6.07) is 14.4. The number of halogens is 2. The fourth-order valence-corrected chi connectivity index (χ4v) is 4.47. The highest BCUT2D eigenvalue weighted by Crippen LogP contribution is 2.27. The van der Waals surface area contributed by atoms with Crippen LogP contribution >= 0.6 is 15.9 Å². The van der Waals surface area contributed by atoms with Crippen LogP contribution in [0.25, 0.3) is 16.6 Å². The maximum Gasteiger partial charge on any atom is 0.321 e. The summed E-state index contributed by atoms with van der Waals surface area (Å²) in [7, 11) is 0. The van der Waals surface area contributed by atoms with Gasteiger partial charge in [0, 0.05) is 48.6 Å². The lowest BCUT2D eigenvalue weighted by Crippen LogP contribution is -2.38. The van der Waals surface area contributed by atoms with Crippen molar-refractivity contribution >= 4 is 50.0 Å². The van der Waals surface area contributed by atoms with Crippen LogP contribution in [-0.2, 0) is 0 Å². The summed E-state index contributed by atoms with van der Waals surface area (Å²) in [5.41, 5.74) is 4.32. The van der Waals surface area contributed by atoms with E-state index in [1.807, 2.05) is 52.8 Å². The molecule has 0 aliphatic carbocycles. The van der Waals surface area contributed by atoms with Crippen LogP contribution in [0.2, 0.25) is 0 Å². The Kier molecular flexibility index (Phi) is 5.46. The number of carbonyl (C=O) groups is 1. The van der Waals surface area contributed by atoms with E-state index >= 15 is 0 Å². The fraction of sp³-hybridized carbons (Fsp3) is 0.250. The highest BCUT2D eigenvalue weighted by atomic mass is 79.9. The summed E-state index contributed by atoms with van der Waals surface area (Å²) < 4.78 is 16.9. The summed E-state index contributed by atoms with van der Waals surface area (Å²) >= 11 is 3.49. The molecule has 0 saturated carbocycles. The molecule has 2 amide bonds. The number of anilines is 2. The van der Waals surface area contributed by atoms with Crippen LogP contribution in [0.4, 0.5) is 20.7 Å². The molecular formula is C24H23BrFN5O. The molecule has 1 fully saturated rings. The van der Waals surface area contributed by atoms with E-state index in [0.717, 1.165) is 45.5 Å². The van der Waals surface area contributed by atoms with Crippen molar-refractivity contribution in [2.24, 2.45) is 0 Å². The minimum absolute atomic E-state index is 0.102. The Balaban J connectivity index is 1.37. The van der Waals surface area contributed by atoms with Crippen LogP contribution in [0.1, 0.15) is 12.0 Å². The van der Waals surface area contributed by atoms with E-state index in [1.165, 1.54) is 12.1 Å². The maximum atomic E-state index is 13.9. The van der Waals surface area contributed by atoms with Gasteiger partial charge in [0.1, 0.15) is 5.82 Å². The number of fused-ring (bicyclic) bond motifs is 3. The predicted molar refractivity (Wildman–Crippen MR) is 129 cm³/mol. The smallest absolute Gasteiger partial charge is 0.321 e. The summed E-state index contributed by atoms with van der Waals surface area (Å²) in [4.78, 5) is 21.7. The van der Waals surface area contributed by atoms with Crippen LogP contribution in [0.15, 0.2) is 59.2 Å². The molecule has 2 aromatic carbocycles. The fourth-order valence-electron chi connectivity index (χ4n) is 4.22.